The van der Waals surface area contributed by atoms with Gasteiger partial charge in [-0.15, -0.1) is 0 Å². The monoisotopic (exact) mass is 270 g/mol. The zero-order chi connectivity index (χ0) is 13.9. The van der Waals surface area contributed by atoms with Gasteiger partial charge in [0.05, 0.1) is 6.61 Å². The largest absolute Gasteiger partial charge is 0.380 e. The summed E-state index contributed by atoms with van der Waals surface area (Å²) >= 11 is 0. The summed E-state index contributed by atoms with van der Waals surface area (Å²) in [6.45, 7) is 5.88. The van der Waals surface area contributed by atoms with Crippen LogP contribution in [0.2, 0.25) is 0 Å². The van der Waals surface area contributed by atoms with Gasteiger partial charge in [0.15, 0.2) is 0 Å². The van der Waals surface area contributed by atoms with Gasteiger partial charge in [0, 0.05) is 25.7 Å². The van der Waals surface area contributed by atoms with E-state index in [0.717, 1.165) is 32.2 Å². The minimum Gasteiger partial charge on any atom is -0.380 e. The van der Waals surface area contributed by atoms with Gasteiger partial charge in [-0.3, -0.25) is 4.90 Å². The molecule has 0 aromatic carbocycles. The van der Waals surface area contributed by atoms with E-state index in [9.17, 15) is 0 Å². The number of rotatable bonds is 13. The van der Waals surface area contributed by atoms with Gasteiger partial charge in [0.2, 0.25) is 0 Å². The highest BCUT2D eigenvalue weighted by Gasteiger charge is 2.21. The van der Waals surface area contributed by atoms with Crippen LogP contribution in [0.15, 0.2) is 0 Å². The molecule has 2 N–H and O–H groups in total. The summed E-state index contributed by atoms with van der Waals surface area (Å²) in [5.74, 6) is 0.870. The average molecular weight is 270 g/mol. The van der Waals surface area contributed by atoms with Crippen LogP contribution >= 0.6 is 0 Å². The van der Waals surface area contributed by atoms with Crippen molar-refractivity contribution in [2.45, 2.75) is 64.3 Å². The molecule has 0 aliphatic heterocycles. The van der Waals surface area contributed by atoms with Gasteiger partial charge in [0.1, 0.15) is 0 Å². The van der Waals surface area contributed by atoms with E-state index in [1.54, 1.807) is 0 Å². The Morgan fingerprint density at radius 2 is 1.95 bits per heavy atom. The second-order valence-electron chi connectivity index (χ2n) is 6.09. The molecule has 1 aliphatic rings. The second-order valence-corrected chi connectivity index (χ2v) is 6.09. The van der Waals surface area contributed by atoms with E-state index < -0.39 is 0 Å². The van der Waals surface area contributed by atoms with Crippen LogP contribution in [-0.2, 0) is 4.74 Å². The van der Waals surface area contributed by atoms with Crippen LogP contribution in [0, 0.1) is 5.92 Å². The molecule has 1 unspecified atom stereocenters. The summed E-state index contributed by atoms with van der Waals surface area (Å²) in [4.78, 5) is 2.38. The first-order valence-corrected chi connectivity index (χ1v) is 8.26. The summed E-state index contributed by atoms with van der Waals surface area (Å²) in [5, 5.41) is 0. The Hall–Kier alpha value is -0.120. The van der Waals surface area contributed by atoms with Crippen molar-refractivity contribution in [1.29, 1.82) is 0 Å². The molecule has 0 aromatic heterocycles. The Balaban J connectivity index is 1.99. The first kappa shape index (κ1) is 16.9. The minimum absolute atomic E-state index is 0.533. The van der Waals surface area contributed by atoms with Crippen LogP contribution in [0.1, 0.15) is 58.3 Å². The molecule has 0 aromatic rings. The molecular formula is C16H34N2O. The number of hydrogen-bond acceptors (Lipinski definition) is 3. The van der Waals surface area contributed by atoms with Gasteiger partial charge < -0.3 is 10.5 Å². The maximum absolute atomic E-state index is 5.89. The summed E-state index contributed by atoms with van der Waals surface area (Å²) in [6, 6.07) is 0.533. The minimum atomic E-state index is 0.533. The van der Waals surface area contributed by atoms with Gasteiger partial charge in [-0.25, -0.2) is 0 Å². The molecule has 0 bridgehead atoms. The van der Waals surface area contributed by atoms with Crippen molar-refractivity contribution in [2.75, 3.05) is 33.4 Å². The Morgan fingerprint density at radius 3 is 2.58 bits per heavy atom. The standard InChI is InChI=1S/C16H34N2O/c1-3-4-5-6-7-8-16(13-17)18(2)11-12-19-14-15-9-10-15/h15-16H,3-14,17H2,1-2H3. The van der Waals surface area contributed by atoms with Gasteiger partial charge in [0.25, 0.3) is 0 Å². The summed E-state index contributed by atoms with van der Waals surface area (Å²) < 4.78 is 5.70. The molecule has 1 rings (SSSR count). The molecule has 1 aliphatic carbocycles. The van der Waals surface area contributed by atoms with Crippen molar-refractivity contribution in [3.05, 3.63) is 0 Å². The topological polar surface area (TPSA) is 38.5 Å². The van der Waals surface area contributed by atoms with Crippen LogP contribution in [0.4, 0.5) is 0 Å². The lowest BCUT2D eigenvalue weighted by Gasteiger charge is -2.26. The average Bonchev–Trinajstić information content (AvgIpc) is 3.23. The van der Waals surface area contributed by atoms with Crippen LogP contribution in [0.25, 0.3) is 0 Å². The van der Waals surface area contributed by atoms with Crippen molar-refractivity contribution < 1.29 is 4.74 Å². The fourth-order valence-corrected chi connectivity index (χ4v) is 2.43. The predicted octanol–water partition coefficient (Wildman–Crippen LogP) is 3.03. The van der Waals surface area contributed by atoms with E-state index in [4.69, 9.17) is 10.5 Å². The van der Waals surface area contributed by atoms with Crippen LogP contribution < -0.4 is 5.73 Å². The van der Waals surface area contributed by atoms with E-state index in [2.05, 4.69) is 18.9 Å². The van der Waals surface area contributed by atoms with E-state index in [1.165, 1.54) is 51.4 Å². The van der Waals surface area contributed by atoms with Gasteiger partial charge in [-0.05, 0) is 32.2 Å². The van der Waals surface area contributed by atoms with E-state index in [1.807, 2.05) is 0 Å². The molecule has 3 heteroatoms. The van der Waals surface area contributed by atoms with E-state index in [0.29, 0.717) is 6.04 Å². The zero-order valence-corrected chi connectivity index (χ0v) is 13.1. The first-order chi connectivity index (χ1) is 9.27. The number of nitrogens with zero attached hydrogens (tertiary/aromatic N) is 1. The summed E-state index contributed by atoms with van der Waals surface area (Å²) in [6.07, 6.45) is 10.7. The zero-order valence-electron chi connectivity index (χ0n) is 13.1. The lowest BCUT2D eigenvalue weighted by Crippen LogP contribution is -2.39. The van der Waals surface area contributed by atoms with Crippen LogP contribution in [-0.4, -0.2) is 44.3 Å². The molecule has 0 amide bonds. The third-order valence-electron chi connectivity index (χ3n) is 4.18. The van der Waals surface area contributed by atoms with Crippen LogP contribution in [0.3, 0.4) is 0 Å². The highest BCUT2D eigenvalue weighted by molar-refractivity contribution is 4.73. The second kappa shape index (κ2) is 10.6. The summed E-state index contributed by atoms with van der Waals surface area (Å²) in [5.41, 5.74) is 5.89. The molecule has 114 valence electrons. The SMILES string of the molecule is CCCCCCCC(CN)N(C)CCOCC1CC1. The molecular weight excluding hydrogens is 236 g/mol. The fourth-order valence-electron chi connectivity index (χ4n) is 2.43. The third kappa shape index (κ3) is 8.61. The molecule has 0 saturated heterocycles. The molecule has 0 heterocycles. The molecule has 19 heavy (non-hydrogen) atoms. The Labute approximate surface area is 119 Å². The number of nitrogens with two attached hydrogens (primary N) is 1. The maximum Gasteiger partial charge on any atom is 0.0593 e. The third-order valence-corrected chi connectivity index (χ3v) is 4.18. The number of hydrogen-bond donors (Lipinski definition) is 1. The number of unbranched alkanes of at least 4 members (excludes halogenated alkanes) is 4. The normalized spacial score (nSPS) is 17.1. The number of likely N-dealkylation sites (N-methyl/N-ethyl adjacent to an activating group) is 1. The Kier molecular flexibility index (Phi) is 9.48. The van der Waals surface area contributed by atoms with Gasteiger partial charge in [-0.1, -0.05) is 39.0 Å². The summed E-state index contributed by atoms with van der Waals surface area (Å²) in [7, 11) is 2.18. The van der Waals surface area contributed by atoms with Crippen molar-refractivity contribution in [3.63, 3.8) is 0 Å². The van der Waals surface area contributed by atoms with Gasteiger partial charge >= 0.3 is 0 Å². The van der Waals surface area contributed by atoms with Crippen molar-refractivity contribution >= 4 is 0 Å². The van der Waals surface area contributed by atoms with Crippen molar-refractivity contribution in [1.82, 2.24) is 4.90 Å². The highest BCUT2D eigenvalue weighted by Crippen LogP contribution is 2.28. The van der Waals surface area contributed by atoms with E-state index >= 15 is 0 Å². The lowest BCUT2D eigenvalue weighted by molar-refractivity contribution is 0.0904. The smallest absolute Gasteiger partial charge is 0.0593 e. The molecule has 1 fully saturated rings. The number of ether oxygens (including phenoxy) is 1. The van der Waals surface area contributed by atoms with Crippen molar-refractivity contribution in [3.8, 4) is 0 Å². The van der Waals surface area contributed by atoms with Crippen molar-refractivity contribution in [2.24, 2.45) is 11.7 Å². The highest BCUT2D eigenvalue weighted by atomic mass is 16.5. The molecule has 0 radical (unpaired) electrons. The maximum atomic E-state index is 5.89. The Morgan fingerprint density at radius 1 is 1.21 bits per heavy atom. The predicted molar refractivity (Wildman–Crippen MR) is 82.4 cm³/mol. The molecule has 3 nitrogen and oxygen atoms in total. The lowest BCUT2D eigenvalue weighted by atomic mass is 10.1. The van der Waals surface area contributed by atoms with Gasteiger partial charge in [-0.2, -0.15) is 0 Å². The van der Waals surface area contributed by atoms with E-state index in [-0.39, 0.29) is 0 Å². The fraction of sp³-hybridized carbons (Fsp3) is 1.00. The molecule has 1 atom stereocenters. The Bertz CT molecular complexity index is 207. The quantitative estimate of drug-likeness (QED) is 0.523. The molecule has 0 spiro atoms. The molecule has 1 saturated carbocycles. The first-order valence-electron chi connectivity index (χ1n) is 8.26. The van der Waals surface area contributed by atoms with Crippen LogP contribution in [0.5, 0.6) is 0 Å².